The molecule has 2 aromatic rings. The van der Waals surface area contributed by atoms with E-state index in [9.17, 15) is 4.79 Å². The lowest BCUT2D eigenvalue weighted by Crippen LogP contribution is -2.29. The summed E-state index contributed by atoms with van der Waals surface area (Å²) in [5.41, 5.74) is 2.93. The quantitative estimate of drug-likeness (QED) is 0.503. The molecule has 0 atom stereocenters. The first-order valence-corrected chi connectivity index (χ1v) is 7.54. The van der Waals surface area contributed by atoms with Gasteiger partial charge in [0.15, 0.2) is 5.01 Å². The molecule has 19 heavy (non-hydrogen) atoms. The maximum absolute atomic E-state index is 11.3. The van der Waals surface area contributed by atoms with E-state index in [-0.39, 0.29) is 5.91 Å². The van der Waals surface area contributed by atoms with Gasteiger partial charge in [0.25, 0.3) is 5.91 Å². The van der Waals surface area contributed by atoms with E-state index >= 15 is 0 Å². The smallest absolute Gasteiger partial charge is 0.294 e. The Morgan fingerprint density at radius 2 is 2.32 bits per heavy atom. The summed E-state index contributed by atoms with van der Waals surface area (Å²) in [5, 5.41) is 2.24. The Morgan fingerprint density at radius 3 is 2.95 bits per heavy atom. The number of hydrogen-bond donors (Lipinski definition) is 2. The minimum atomic E-state index is -0.357. The minimum absolute atomic E-state index is 0.357. The van der Waals surface area contributed by atoms with Crippen molar-refractivity contribution in [3.63, 3.8) is 0 Å². The number of amides is 1. The summed E-state index contributed by atoms with van der Waals surface area (Å²) in [6, 6.07) is 3.90. The van der Waals surface area contributed by atoms with E-state index in [1.54, 1.807) is 11.3 Å². The van der Waals surface area contributed by atoms with Crippen molar-refractivity contribution in [3.05, 3.63) is 37.4 Å². The highest BCUT2D eigenvalue weighted by Crippen LogP contribution is 2.23. The Bertz CT molecular complexity index is 569. The van der Waals surface area contributed by atoms with Crippen LogP contribution in [0.1, 0.15) is 20.4 Å². The van der Waals surface area contributed by atoms with Crippen molar-refractivity contribution in [1.82, 2.24) is 15.3 Å². The minimum Gasteiger partial charge on any atom is -0.295 e. The molecule has 0 aliphatic rings. The van der Waals surface area contributed by atoms with E-state index in [1.807, 2.05) is 24.6 Å². The first kappa shape index (κ1) is 14.4. The zero-order valence-corrected chi connectivity index (χ0v) is 12.6. The molecular weight excluding hydrogens is 304 g/mol. The molecule has 8 heteroatoms. The van der Waals surface area contributed by atoms with Gasteiger partial charge in [0.05, 0.1) is 10.0 Å². The lowest BCUT2D eigenvalue weighted by molar-refractivity contribution is 0.0953. The molecule has 0 radical (unpaired) electrons. The van der Waals surface area contributed by atoms with E-state index in [1.165, 1.54) is 16.2 Å². The maximum Gasteiger partial charge on any atom is 0.294 e. The van der Waals surface area contributed by atoms with Crippen molar-refractivity contribution in [2.45, 2.75) is 13.1 Å². The van der Waals surface area contributed by atoms with Gasteiger partial charge >= 0.3 is 0 Å². The Morgan fingerprint density at radius 1 is 1.53 bits per heavy atom. The van der Waals surface area contributed by atoms with Crippen LogP contribution in [0.5, 0.6) is 0 Å². The number of carbonyl (C=O) groups excluding carboxylic acids is 1. The number of thiophene rings is 1. The molecular formula is C11H13ClN4OS2. The van der Waals surface area contributed by atoms with E-state index in [0.29, 0.717) is 11.6 Å². The standard InChI is InChI=1S/C11H13ClN4OS2/c1-16(5-8-2-3-9(12)19-8)4-7-6-18-11(14-7)10(17)15-13/h2-3,6H,4-5,13H2,1H3,(H,15,17). The van der Waals surface area contributed by atoms with Crippen molar-refractivity contribution in [2.24, 2.45) is 5.84 Å². The van der Waals surface area contributed by atoms with Gasteiger partial charge in [-0.3, -0.25) is 15.1 Å². The van der Waals surface area contributed by atoms with Crippen LogP contribution in [0.4, 0.5) is 0 Å². The van der Waals surface area contributed by atoms with Gasteiger partial charge in [0.1, 0.15) is 0 Å². The van der Waals surface area contributed by atoms with Gasteiger partial charge in [-0.05, 0) is 19.2 Å². The third kappa shape index (κ3) is 3.99. The molecule has 5 nitrogen and oxygen atoms in total. The molecule has 2 heterocycles. The highest BCUT2D eigenvalue weighted by atomic mass is 35.5. The number of hydrogen-bond acceptors (Lipinski definition) is 6. The van der Waals surface area contributed by atoms with Crippen molar-refractivity contribution in [2.75, 3.05) is 7.05 Å². The molecule has 0 saturated heterocycles. The van der Waals surface area contributed by atoms with Crippen molar-refractivity contribution < 1.29 is 4.79 Å². The second kappa shape index (κ2) is 6.44. The number of hydrazine groups is 1. The average molecular weight is 317 g/mol. The molecule has 2 aromatic heterocycles. The lowest BCUT2D eigenvalue weighted by Gasteiger charge is -2.13. The van der Waals surface area contributed by atoms with Crippen LogP contribution in [0.3, 0.4) is 0 Å². The molecule has 0 fully saturated rings. The molecule has 0 aromatic carbocycles. The van der Waals surface area contributed by atoms with Crippen LogP contribution < -0.4 is 11.3 Å². The number of aromatic nitrogens is 1. The van der Waals surface area contributed by atoms with E-state index in [2.05, 4.69) is 15.3 Å². The topological polar surface area (TPSA) is 71.2 Å². The fraction of sp³-hybridized carbons (Fsp3) is 0.273. The Kier molecular flexibility index (Phi) is 4.89. The summed E-state index contributed by atoms with van der Waals surface area (Å²) in [6.45, 7) is 1.47. The molecule has 0 aliphatic carbocycles. The van der Waals surface area contributed by atoms with Gasteiger partial charge < -0.3 is 0 Å². The lowest BCUT2D eigenvalue weighted by atomic mass is 10.4. The highest BCUT2D eigenvalue weighted by Gasteiger charge is 2.11. The van der Waals surface area contributed by atoms with Crippen LogP contribution in [-0.2, 0) is 13.1 Å². The van der Waals surface area contributed by atoms with E-state index in [0.717, 1.165) is 16.6 Å². The second-order valence-corrected chi connectivity index (χ2v) is 6.65. The fourth-order valence-corrected chi connectivity index (χ4v) is 3.46. The van der Waals surface area contributed by atoms with Gasteiger partial charge in [0, 0.05) is 23.3 Å². The highest BCUT2D eigenvalue weighted by molar-refractivity contribution is 7.16. The Balaban J connectivity index is 1.93. The van der Waals surface area contributed by atoms with Crippen LogP contribution in [0, 0.1) is 0 Å². The normalized spacial score (nSPS) is 10.9. The first-order chi connectivity index (χ1) is 9.08. The van der Waals surface area contributed by atoms with Crippen LogP contribution >= 0.6 is 34.3 Å². The van der Waals surface area contributed by atoms with Crippen molar-refractivity contribution >= 4 is 40.2 Å². The number of halogens is 1. The molecule has 0 bridgehead atoms. The maximum atomic E-state index is 11.3. The first-order valence-electron chi connectivity index (χ1n) is 5.46. The predicted octanol–water partition coefficient (Wildman–Crippen LogP) is 2.09. The summed E-state index contributed by atoms with van der Waals surface area (Å²) in [6.07, 6.45) is 0. The van der Waals surface area contributed by atoms with Gasteiger partial charge in [-0.2, -0.15) is 0 Å². The second-order valence-electron chi connectivity index (χ2n) is 4.00. The fourth-order valence-electron chi connectivity index (χ4n) is 1.58. The SMILES string of the molecule is CN(Cc1csc(C(=O)NN)n1)Cc1ccc(Cl)s1. The third-order valence-electron chi connectivity index (χ3n) is 2.36. The predicted molar refractivity (Wildman–Crippen MR) is 78.3 cm³/mol. The van der Waals surface area contributed by atoms with Gasteiger partial charge in [0.2, 0.25) is 0 Å². The summed E-state index contributed by atoms with van der Waals surface area (Å²) in [7, 11) is 2.00. The number of nitrogens with two attached hydrogens (primary N) is 1. The molecule has 0 saturated carbocycles. The Labute approximate surface area is 124 Å². The molecule has 102 valence electrons. The van der Waals surface area contributed by atoms with E-state index < -0.39 is 0 Å². The van der Waals surface area contributed by atoms with Crippen molar-refractivity contribution in [3.8, 4) is 0 Å². The van der Waals surface area contributed by atoms with Gasteiger partial charge in [-0.25, -0.2) is 10.8 Å². The molecule has 0 unspecified atom stereocenters. The van der Waals surface area contributed by atoms with Gasteiger partial charge in [-0.1, -0.05) is 11.6 Å². The number of rotatable bonds is 5. The monoisotopic (exact) mass is 316 g/mol. The van der Waals surface area contributed by atoms with Crippen molar-refractivity contribution in [1.29, 1.82) is 0 Å². The largest absolute Gasteiger partial charge is 0.295 e. The summed E-state index contributed by atoms with van der Waals surface area (Å²) in [5.74, 6) is 4.71. The molecule has 0 aliphatic heterocycles. The number of nitrogens with one attached hydrogen (secondary N) is 1. The van der Waals surface area contributed by atoms with Crippen LogP contribution in [0.15, 0.2) is 17.5 Å². The van der Waals surface area contributed by atoms with Gasteiger partial charge in [-0.15, -0.1) is 22.7 Å². The number of nitrogen functional groups attached to an aromatic ring is 1. The van der Waals surface area contributed by atoms with Crippen LogP contribution in [-0.4, -0.2) is 22.8 Å². The molecule has 1 amide bonds. The molecule has 3 N–H and O–H groups in total. The van der Waals surface area contributed by atoms with E-state index in [4.69, 9.17) is 17.4 Å². The summed E-state index contributed by atoms with van der Waals surface area (Å²) >= 11 is 8.74. The third-order valence-corrected chi connectivity index (χ3v) is 4.47. The Hall–Kier alpha value is -0.990. The average Bonchev–Trinajstić information content (AvgIpc) is 2.98. The molecule has 0 spiro atoms. The summed E-state index contributed by atoms with van der Waals surface area (Å²) in [4.78, 5) is 18.8. The van der Waals surface area contributed by atoms with Crippen LogP contribution in [0.2, 0.25) is 4.34 Å². The zero-order chi connectivity index (χ0) is 13.8. The molecule has 2 rings (SSSR count). The number of nitrogens with zero attached hydrogens (tertiary/aromatic N) is 2. The zero-order valence-electron chi connectivity index (χ0n) is 10.2. The number of carbonyl (C=O) groups is 1. The number of thiazole rings is 1. The summed E-state index contributed by atoms with van der Waals surface area (Å²) < 4.78 is 0.791. The van der Waals surface area contributed by atoms with Crippen LogP contribution in [0.25, 0.3) is 0 Å².